The highest BCUT2D eigenvalue weighted by Crippen LogP contribution is 2.34. The monoisotopic (exact) mass is 455 g/mol. The molecule has 1 aliphatic carbocycles. The molecule has 1 N–H and O–H groups in total. The van der Waals surface area contributed by atoms with Gasteiger partial charge >= 0.3 is 17.7 Å². The van der Waals surface area contributed by atoms with Gasteiger partial charge in [-0.2, -0.15) is 0 Å². The van der Waals surface area contributed by atoms with Crippen LogP contribution in [-0.4, -0.2) is 18.1 Å². The van der Waals surface area contributed by atoms with Crippen molar-refractivity contribution in [2.24, 2.45) is 0 Å². The smallest absolute Gasteiger partial charge is 0.408 e. The minimum atomic E-state index is -0.933. The molecular formula is C24H22ClNO6. The van der Waals surface area contributed by atoms with Crippen LogP contribution in [0, 0.1) is 0 Å². The van der Waals surface area contributed by atoms with E-state index in [4.69, 9.17) is 25.5 Å². The van der Waals surface area contributed by atoms with Crippen molar-refractivity contribution < 1.29 is 23.5 Å². The number of carbonyl (C=O) groups is 2. The fourth-order valence-corrected chi connectivity index (χ4v) is 3.98. The number of ether oxygens (including phenoxy) is 2. The Morgan fingerprint density at radius 1 is 1.16 bits per heavy atom. The van der Waals surface area contributed by atoms with Gasteiger partial charge in [0.25, 0.3) is 0 Å². The quantitative estimate of drug-likeness (QED) is 0.333. The first-order valence-corrected chi connectivity index (χ1v) is 10.8. The molecule has 0 fully saturated rings. The summed E-state index contributed by atoms with van der Waals surface area (Å²) in [5.41, 5.74) is 2.38. The van der Waals surface area contributed by atoms with Crippen molar-refractivity contribution in [1.82, 2.24) is 5.32 Å². The maximum atomic E-state index is 12.7. The SMILES string of the molecule is CC[C@@H](NC(=O)OCc1ccccc1)C(=O)Oc1cc2oc(=O)c3c(c2cc1Cl)CCC3. The Hall–Kier alpha value is -3.32. The fraction of sp³-hybridized carbons (Fsp3) is 0.292. The molecule has 0 unspecified atom stereocenters. The lowest BCUT2D eigenvalue weighted by Gasteiger charge is -2.16. The summed E-state index contributed by atoms with van der Waals surface area (Å²) >= 11 is 6.35. The maximum Gasteiger partial charge on any atom is 0.408 e. The summed E-state index contributed by atoms with van der Waals surface area (Å²) < 4.78 is 16.0. The van der Waals surface area contributed by atoms with Gasteiger partial charge in [0, 0.05) is 17.0 Å². The molecule has 0 bridgehead atoms. The Morgan fingerprint density at radius 3 is 2.66 bits per heavy atom. The van der Waals surface area contributed by atoms with Gasteiger partial charge in [-0.05, 0) is 42.9 Å². The number of fused-ring (bicyclic) bond motifs is 3. The molecular weight excluding hydrogens is 434 g/mol. The average molecular weight is 456 g/mol. The van der Waals surface area contributed by atoms with Gasteiger partial charge in [0.2, 0.25) is 0 Å². The van der Waals surface area contributed by atoms with E-state index in [9.17, 15) is 14.4 Å². The third kappa shape index (κ3) is 4.62. The van der Waals surface area contributed by atoms with E-state index >= 15 is 0 Å². The van der Waals surface area contributed by atoms with Gasteiger partial charge in [0.1, 0.15) is 18.2 Å². The summed E-state index contributed by atoms with van der Waals surface area (Å²) in [6.07, 6.45) is 1.90. The van der Waals surface area contributed by atoms with Crippen molar-refractivity contribution >= 4 is 34.6 Å². The van der Waals surface area contributed by atoms with Crippen LogP contribution in [0.1, 0.15) is 36.5 Å². The lowest BCUT2D eigenvalue weighted by Crippen LogP contribution is -2.42. The molecule has 7 nitrogen and oxygen atoms in total. The van der Waals surface area contributed by atoms with Crippen LogP contribution in [0.2, 0.25) is 5.02 Å². The zero-order valence-electron chi connectivity index (χ0n) is 17.5. The molecule has 3 aromatic rings. The first-order valence-electron chi connectivity index (χ1n) is 10.4. The van der Waals surface area contributed by atoms with Gasteiger partial charge in [-0.15, -0.1) is 0 Å². The zero-order valence-corrected chi connectivity index (χ0v) is 18.2. The average Bonchev–Trinajstić information content (AvgIpc) is 3.29. The molecule has 1 amide bonds. The molecule has 8 heteroatoms. The Balaban J connectivity index is 1.45. The number of nitrogens with one attached hydrogen (secondary N) is 1. The predicted octanol–water partition coefficient (Wildman–Crippen LogP) is 4.55. The molecule has 1 heterocycles. The van der Waals surface area contributed by atoms with Crippen LogP contribution in [0.5, 0.6) is 5.75 Å². The largest absolute Gasteiger partial charge is 0.445 e. The summed E-state index contributed by atoms with van der Waals surface area (Å²) in [7, 11) is 0. The van der Waals surface area contributed by atoms with E-state index < -0.39 is 18.1 Å². The summed E-state index contributed by atoms with van der Waals surface area (Å²) in [6, 6.07) is 11.4. The molecule has 0 spiro atoms. The Morgan fingerprint density at radius 2 is 1.91 bits per heavy atom. The third-order valence-electron chi connectivity index (χ3n) is 5.43. The van der Waals surface area contributed by atoms with E-state index in [1.807, 2.05) is 30.3 Å². The van der Waals surface area contributed by atoms with Gasteiger partial charge in [-0.25, -0.2) is 14.4 Å². The van der Waals surface area contributed by atoms with E-state index in [-0.39, 0.29) is 29.4 Å². The molecule has 1 aliphatic rings. The summed E-state index contributed by atoms with van der Waals surface area (Å²) in [4.78, 5) is 37.0. The van der Waals surface area contributed by atoms with Crippen LogP contribution >= 0.6 is 11.6 Å². The predicted molar refractivity (Wildman–Crippen MR) is 119 cm³/mol. The molecule has 1 atom stereocenters. The highest BCUT2D eigenvalue weighted by molar-refractivity contribution is 6.33. The summed E-state index contributed by atoms with van der Waals surface area (Å²) in [6.45, 7) is 1.81. The third-order valence-corrected chi connectivity index (χ3v) is 5.73. The Kier molecular flexibility index (Phi) is 6.46. The van der Waals surface area contributed by atoms with Crippen molar-refractivity contribution in [1.29, 1.82) is 0 Å². The van der Waals surface area contributed by atoms with Crippen LogP contribution in [-0.2, 0) is 29.0 Å². The highest BCUT2D eigenvalue weighted by Gasteiger charge is 2.25. The van der Waals surface area contributed by atoms with Crippen molar-refractivity contribution in [2.45, 2.75) is 45.3 Å². The number of benzene rings is 2. The summed E-state index contributed by atoms with van der Waals surface area (Å²) in [5.74, 6) is -0.642. The van der Waals surface area contributed by atoms with E-state index in [0.29, 0.717) is 17.6 Å². The first-order chi connectivity index (χ1) is 15.5. The minimum absolute atomic E-state index is 0.0585. The molecule has 0 saturated carbocycles. The van der Waals surface area contributed by atoms with Crippen LogP contribution in [0.4, 0.5) is 4.79 Å². The van der Waals surface area contributed by atoms with E-state index in [0.717, 1.165) is 29.4 Å². The fourth-order valence-electron chi connectivity index (χ4n) is 3.78. The van der Waals surface area contributed by atoms with E-state index in [1.54, 1.807) is 13.0 Å². The number of esters is 1. The standard InChI is InChI=1S/C24H22ClNO6/c1-2-19(26-24(29)30-13-14-7-4-3-5-8-14)23(28)32-21-12-20-17(11-18(21)25)15-9-6-10-16(15)22(27)31-20/h3-5,7-8,11-12,19H,2,6,9-10,13H2,1H3,(H,26,29)/t19-/m1/s1. The number of carbonyl (C=O) groups excluding carboxylic acids is 2. The lowest BCUT2D eigenvalue weighted by molar-refractivity contribution is -0.136. The molecule has 166 valence electrons. The van der Waals surface area contributed by atoms with Crippen LogP contribution in [0.25, 0.3) is 11.0 Å². The Bertz CT molecular complexity index is 1220. The van der Waals surface area contributed by atoms with Crippen molar-refractivity contribution in [2.75, 3.05) is 0 Å². The number of aryl methyl sites for hydroxylation is 1. The van der Waals surface area contributed by atoms with Crippen LogP contribution < -0.4 is 15.7 Å². The number of halogens is 1. The van der Waals surface area contributed by atoms with Crippen molar-refractivity contribution in [3.8, 4) is 5.75 Å². The Labute approximate surface area is 189 Å². The van der Waals surface area contributed by atoms with Gasteiger partial charge in [-0.3, -0.25) is 0 Å². The van der Waals surface area contributed by atoms with Gasteiger partial charge in [0.05, 0.1) is 5.02 Å². The van der Waals surface area contributed by atoms with E-state index in [2.05, 4.69) is 5.32 Å². The second-order valence-electron chi connectivity index (χ2n) is 7.57. The number of rotatable bonds is 6. The highest BCUT2D eigenvalue weighted by atomic mass is 35.5. The molecule has 2 aromatic carbocycles. The first kappa shape index (κ1) is 21.9. The molecule has 4 rings (SSSR count). The second-order valence-corrected chi connectivity index (χ2v) is 7.97. The molecule has 0 radical (unpaired) electrons. The number of amides is 1. The van der Waals surface area contributed by atoms with Gasteiger partial charge in [-0.1, -0.05) is 48.9 Å². The van der Waals surface area contributed by atoms with Crippen LogP contribution in [0.15, 0.2) is 51.7 Å². The zero-order chi connectivity index (χ0) is 22.7. The summed E-state index contributed by atoms with van der Waals surface area (Å²) in [5, 5.41) is 3.47. The van der Waals surface area contributed by atoms with Gasteiger partial charge in [0.15, 0.2) is 5.75 Å². The number of hydrogen-bond donors (Lipinski definition) is 1. The second kappa shape index (κ2) is 9.44. The van der Waals surface area contributed by atoms with E-state index in [1.165, 1.54) is 6.07 Å². The van der Waals surface area contributed by atoms with Crippen molar-refractivity contribution in [3.05, 3.63) is 74.6 Å². The molecule has 0 aliphatic heterocycles. The maximum absolute atomic E-state index is 12.7. The minimum Gasteiger partial charge on any atom is -0.445 e. The van der Waals surface area contributed by atoms with Gasteiger partial charge < -0.3 is 19.2 Å². The molecule has 1 aromatic heterocycles. The topological polar surface area (TPSA) is 94.8 Å². The molecule has 0 saturated heterocycles. The van der Waals surface area contributed by atoms with Crippen LogP contribution in [0.3, 0.4) is 0 Å². The lowest BCUT2D eigenvalue weighted by atomic mass is 10.1. The number of alkyl carbamates (subject to hydrolysis) is 1. The normalized spacial score (nSPS) is 13.4. The van der Waals surface area contributed by atoms with Crippen molar-refractivity contribution in [3.63, 3.8) is 0 Å². The number of hydrogen-bond acceptors (Lipinski definition) is 6. The molecule has 32 heavy (non-hydrogen) atoms.